The monoisotopic (exact) mass is 376 g/mol. The van der Waals surface area contributed by atoms with Crippen LogP contribution < -0.4 is 5.32 Å². The average Bonchev–Trinajstić information content (AvgIpc) is 2.93. The molecule has 1 aromatic heterocycles. The van der Waals surface area contributed by atoms with Crippen LogP contribution in [-0.4, -0.2) is 49.3 Å². The molecule has 1 rings (SSSR count). The van der Waals surface area contributed by atoms with E-state index < -0.39 is 27.4 Å². The Morgan fingerprint density at radius 1 is 1.33 bits per heavy atom. The molecule has 1 heterocycles. The van der Waals surface area contributed by atoms with Gasteiger partial charge in [0.1, 0.15) is 10.3 Å². The van der Waals surface area contributed by atoms with Crippen molar-refractivity contribution in [2.24, 2.45) is 5.41 Å². The fraction of sp³-hybridized carbons (Fsp3) is 0.600. The van der Waals surface area contributed by atoms with Gasteiger partial charge in [-0.05, 0) is 25.5 Å². The lowest BCUT2D eigenvalue weighted by atomic mass is 9.96. The van der Waals surface area contributed by atoms with E-state index in [2.05, 4.69) is 5.32 Å². The lowest BCUT2D eigenvalue weighted by molar-refractivity contribution is -0.140. The molecule has 0 bridgehead atoms. The molecular weight excluding hydrogens is 352 g/mol. The number of carbonyl (C=O) groups is 2. The van der Waals surface area contributed by atoms with Crippen LogP contribution in [0.2, 0.25) is 0 Å². The van der Waals surface area contributed by atoms with Crippen LogP contribution in [0.4, 0.5) is 0 Å². The molecule has 1 aromatic rings. The van der Waals surface area contributed by atoms with Crippen molar-refractivity contribution in [1.82, 2.24) is 9.62 Å². The highest BCUT2D eigenvalue weighted by atomic mass is 32.2. The third kappa shape index (κ3) is 5.02. The molecule has 0 saturated carbocycles. The predicted molar refractivity (Wildman–Crippen MR) is 92.5 cm³/mol. The van der Waals surface area contributed by atoms with Crippen LogP contribution in [0.1, 0.15) is 32.6 Å². The molecule has 0 aliphatic rings. The molecule has 0 saturated heterocycles. The molecular formula is C15H24N2O5S2. The van der Waals surface area contributed by atoms with E-state index in [1.165, 1.54) is 20.0 Å². The highest BCUT2D eigenvalue weighted by Crippen LogP contribution is 2.25. The molecule has 0 aliphatic heterocycles. The summed E-state index contributed by atoms with van der Waals surface area (Å²) in [6.07, 6.45) is 0.514. The number of thiophene rings is 1. The molecule has 2 N–H and O–H groups in total. The fourth-order valence-electron chi connectivity index (χ4n) is 1.70. The van der Waals surface area contributed by atoms with Gasteiger partial charge in [0, 0.05) is 23.9 Å². The topological polar surface area (TPSA) is 104 Å². The van der Waals surface area contributed by atoms with Crippen LogP contribution >= 0.6 is 11.3 Å². The van der Waals surface area contributed by atoms with Crippen molar-refractivity contribution in [3.8, 4) is 0 Å². The van der Waals surface area contributed by atoms with Gasteiger partial charge in [0.25, 0.3) is 10.0 Å². The summed E-state index contributed by atoms with van der Waals surface area (Å²) in [4.78, 5) is 23.6. The number of sulfonamides is 1. The number of carboxylic acids is 1. The number of nitrogens with one attached hydrogen (secondary N) is 1. The van der Waals surface area contributed by atoms with Gasteiger partial charge in [0.2, 0.25) is 5.91 Å². The highest BCUT2D eigenvalue weighted by molar-refractivity contribution is 7.91. The molecule has 1 amide bonds. The second-order valence-electron chi connectivity index (χ2n) is 6.51. The summed E-state index contributed by atoms with van der Waals surface area (Å²) in [6, 6.07) is 2.00. The van der Waals surface area contributed by atoms with Crippen LogP contribution in [0, 0.1) is 5.41 Å². The SMILES string of the molecule is CC(C(=O)O)N(C)S(=O)(=O)c1ccc(CCNC(=O)C(C)(C)C)s1. The van der Waals surface area contributed by atoms with Crippen molar-refractivity contribution in [1.29, 1.82) is 0 Å². The molecule has 1 unspecified atom stereocenters. The first kappa shape index (κ1) is 20.6. The number of carbonyl (C=O) groups excluding carboxylic acids is 1. The minimum absolute atomic E-state index is 0.0677. The van der Waals surface area contributed by atoms with Gasteiger partial charge in [-0.2, -0.15) is 4.31 Å². The van der Waals surface area contributed by atoms with Crippen molar-refractivity contribution in [3.63, 3.8) is 0 Å². The predicted octanol–water partition coefficient (Wildman–Crippen LogP) is 1.55. The van der Waals surface area contributed by atoms with Gasteiger partial charge in [-0.25, -0.2) is 8.42 Å². The number of likely N-dealkylation sites (N-methyl/N-ethyl adjacent to an activating group) is 1. The quantitative estimate of drug-likeness (QED) is 0.751. The van der Waals surface area contributed by atoms with Gasteiger partial charge >= 0.3 is 5.97 Å². The number of hydrogen-bond acceptors (Lipinski definition) is 5. The van der Waals surface area contributed by atoms with E-state index in [9.17, 15) is 18.0 Å². The molecule has 0 spiro atoms. The maximum atomic E-state index is 12.4. The number of aliphatic carboxylic acids is 1. The summed E-state index contributed by atoms with van der Waals surface area (Å²) >= 11 is 1.08. The molecule has 9 heteroatoms. The standard InChI is InChI=1S/C15H24N2O5S2/c1-10(13(18)19)17(5)24(21,22)12-7-6-11(23-12)8-9-16-14(20)15(2,3)4/h6-7,10H,8-9H2,1-5H3,(H,16,20)(H,18,19). The maximum Gasteiger partial charge on any atom is 0.321 e. The zero-order valence-electron chi connectivity index (χ0n) is 14.5. The second-order valence-corrected chi connectivity index (χ2v) is 9.90. The summed E-state index contributed by atoms with van der Waals surface area (Å²) in [7, 11) is -2.60. The Kier molecular flexibility index (Phi) is 6.54. The highest BCUT2D eigenvalue weighted by Gasteiger charge is 2.30. The van der Waals surface area contributed by atoms with Gasteiger partial charge in [-0.1, -0.05) is 20.8 Å². The Morgan fingerprint density at radius 2 is 1.92 bits per heavy atom. The van der Waals surface area contributed by atoms with Crippen LogP contribution in [0.15, 0.2) is 16.3 Å². The fourth-order valence-corrected chi connectivity index (χ4v) is 4.56. The van der Waals surface area contributed by atoms with Crippen LogP contribution in [0.25, 0.3) is 0 Å². The van der Waals surface area contributed by atoms with E-state index in [4.69, 9.17) is 5.11 Å². The number of amides is 1. The summed E-state index contributed by atoms with van der Waals surface area (Å²) in [6.45, 7) is 7.18. The van der Waals surface area contributed by atoms with E-state index in [-0.39, 0.29) is 10.1 Å². The van der Waals surface area contributed by atoms with Crippen LogP contribution in [0.3, 0.4) is 0 Å². The Balaban J connectivity index is 2.75. The smallest absolute Gasteiger partial charge is 0.321 e. The maximum absolute atomic E-state index is 12.4. The van der Waals surface area contributed by atoms with Gasteiger partial charge in [-0.15, -0.1) is 11.3 Å². The van der Waals surface area contributed by atoms with Crippen molar-refractivity contribution >= 4 is 33.2 Å². The largest absolute Gasteiger partial charge is 0.480 e. The van der Waals surface area contributed by atoms with E-state index in [0.29, 0.717) is 13.0 Å². The Labute approximate surface area is 146 Å². The zero-order chi connectivity index (χ0) is 18.7. The van der Waals surface area contributed by atoms with E-state index >= 15 is 0 Å². The molecule has 7 nitrogen and oxygen atoms in total. The first-order chi connectivity index (χ1) is 10.9. The summed E-state index contributed by atoms with van der Waals surface area (Å²) < 4.78 is 25.7. The number of carboxylic acid groups (broad SMARTS) is 1. The number of hydrogen-bond donors (Lipinski definition) is 2. The van der Waals surface area contributed by atoms with Gasteiger partial charge in [0.05, 0.1) is 0 Å². The lowest BCUT2D eigenvalue weighted by Gasteiger charge is -2.19. The van der Waals surface area contributed by atoms with Crippen molar-refractivity contribution in [2.75, 3.05) is 13.6 Å². The van der Waals surface area contributed by atoms with Crippen LogP contribution in [0.5, 0.6) is 0 Å². The second kappa shape index (κ2) is 7.62. The third-order valence-corrected chi connectivity index (χ3v) is 7.05. The minimum atomic E-state index is -3.84. The first-order valence-electron chi connectivity index (χ1n) is 7.45. The molecule has 24 heavy (non-hydrogen) atoms. The molecule has 0 radical (unpaired) electrons. The third-order valence-electron chi connectivity index (χ3n) is 3.51. The minimum Gasteiger partial charge on any atom is -0.480 e. The molecule has 0 aromatic carbocycles. The van der Waals surface area contributed by atoms with E-state index in [0.717, 1.165) is 20.5 Å². The van der Waals surface area contributed by atoms with Gasteiger partial charge < -0.3 is 10.4 Å². The Bertz CT molecular complexity index is 704. The normalized spacial score (nSPS) is 13.8. The van der Waals surface area contributed by atoms with E-state index in [1.54, 1.807) is 6.07 Å². The van der Waals surface area contributed by atoms with Gasteiger partial charge in [-0.3, -0.25) is 9.59 Å². The summed E-state index contributed by atoms with van der Waals surface area (Å²) in [5, 5.41) is 11.8. The van der Waals surface area contributed by atoms with E-state index in [1.807, 2.05) is 20.8 Å². The van der Waals surface area contributed by atoms with Crippen molar-refractivity contribution in [3.05, 3.63) is 17.0 Å². The Hall–Kier alpha value is -1.45. The number of rotatable bonds is 7. The first-order valence-corrected chi connectivity index (χ1v) is 9.71. The molecule has 136 valence electrons. The molecule has 0 fully saturated rings. The summed E-state index contributed by atoms with van der Waals surface area (Å²) in [5.41, 5.74) is -0.473. The van der Waals surface area contributed by atoms with Crippen molar-refractivity contribution < 1.29 is 23.1 Å². The lowest BCUT2D eigenvalue weighted by Crippen LogP contribution is -2.39. The average molecular weight is 377 g/mol. The van der Waals surface area contributed by atoms with Crippen LogP contribution in [-0.2, 0) is 26.0 Å². The number of nitrogens with zero attached hydrogens (tertiary/aromatic N) is 1. The zero-order valence-corrected chi connectivity index (χ0v) is 16.1. The summed E-state index contributed by atoms with van der Waals surface area (Å²) in [5.74, 6) is -1.27. The van der Waals surface area contributed by atoms with Crippen molar-refractivity contribution in [2.45, 2.75) is 44.4 Å². The van der Waals surface area contributed by atoms with Gasteiger partial charge in [0.15, 0.2) is 0 Å². The molecule has 1 atom stereocenters. The molecule has 0 aliphatic carbocycles. The Morgan fingerprint density at radius 3 is 2.42 bits per heavy atom.